The maximum absolute atomic E-state index is 13.5. The van der Waals surface area contributed by atoms with Crippen molar-refractivity contribution in [1.82, 2.24) is 10.2 Å². The van der Waals surface area contributed by atoms with Gasteiger partial charge in [0, 0.05) is 17.6 Å². The molecule has 10 heteroatoms. The number of nitrogens with zero attached hydrogens (tertiary/aromatic N) is 2. The van der Waals surface area contributed by atoms with Gasteiger partial charge in [0.15, 0.2) is 0 Å². The SMILES string of the molecule is CCCNC(=O)[C@H](CC)N(Cc1ccc(F)cc1)C(=O)CN(c1ccc(Br)c(C)c1)S(C)(=O)=O. The van der Waals surface area contributed by atoms with Crippen LogP contribution >= 0.6 is 15.9 Å². The number of sulfonamides is 1. The molecule has 0 aliphatic rings. The molecule has 2 rings (SSSR count). The van der Waals surface area contributed by atoms with E-state index in [4.69, 9.17) is 0 Å². The minimum Gasteiger partial charge on any atom is -0.354 e. The van der Waals surface area contributed by atoms with Crippen molar-refractivity contribution in [3.63, 3.8) is 0 Å². The number of carbonyl (C=O) groups is 2. The second kappa shape index (κ2) is 12.3. The lowest BCUT2D eigenvalue weighted by Gasteiger charge is -2.33. The van der Waals surface area contributed by atoms with E-state index in [1.807, 2.05) is 13.8 Å². The minimum atomic E-state index is -3.80. The van der Waals surface area contributed by atoms with E-state index < -0.39 is 34.3 Å². The van der Waals surface area contributed by atoms with Crippen LogP contribution in [0.4, 0.5) is 10.1 Å². The average Bonchev–Trinajstić information content (AvgIpc) is 2.78. The number of benzene rings is 2. The summed E-state index contributed by atoms with van der Waals surface area (Å²) in [5, 5.41) is 2.81. The van der Waals surface area contributed by atoms with Gasteiger partial charge in [-0.15, -0.1) is 0 Å². The van der Waals surface area contributed by atoms with E-state index in [0.717, 1.165) is 27.0 Å². The van der Waals surface area contributed by atoms with Gasteiger partial charge in [-0.3, -0.25) is 13.9 Å². The van der Waals surface area contributed by atoms with E-state index in [1.165, 1.54) is 17.0 Å². The first-order valence-corrected chi connectivity index (χ1v) is 13.7. The first kappa shape index (κ1) is 27.8. The van der Waals surface area contributed by atoms with E-state index in [-0.39, 0.29) is 12.5 Å². The van der Waals surface area contributed by atoms with Gasteiger partial charge in [-0.2, -0.15) is 0 Å². The Morgan fingerprint density at radius 3 is 2.29 bits per heavy atom. The van der Waals surface area contributed by atoms with Crippen molar-refractivity contribution in [3.05, 3.63) is 63.9 Å². The van der Waals surface area contributed by atoms with Crippen molar-refractivity contribution >= 4 is 43.5 Å². The summed E-state index contributed by atoms with van der Waals surface area (Å²) in [6.07, 6.45) is 2.10. The van der Waals surface area contributed by atoms with Gasteiger partial charge in [0.1, 0.15) is 18.4 Å². The molecule has 0 aliphatic heterocycles. The fraction of sp³-hybridized carbons (Fsp3) is 0.417. The van der Waals surface area contributed by atoms with E-state index in [0.29, 0.717) is 24.2 Å². The maximum Gasteiger partial charge on any atom is 0.244 e. The molecule has 2 aromatic rings. The van der Waals surface area contributed by atoms with Crippen LogP contribution in [0.15, 0.2) is 46.9 Å². The van der Waals surface area contributed by atoms with Crippen LogP contribution in [0.3, 0.4) is 0 Å². The minimum absolute atomic E-state index is 0.0358. The summed E-state index contributed by atoms with van der Waals surface area (Å²) in [5.74, 6) is -1.26. The van der Waals surface area contributed by atoms with Gasteiger partial charge in [-0.05, 0) is 61.2 Å². The van der Waals surface area contributed by atoms with Gasteiger partial charge in [-0.25, -0.2) is 12.8 Å². The lowest BCUT2D eigenvalue weighted by atomic mass is 10.1. The molecule has 186 valence electrons. The molecule has 0 unspecified atom stereocenters. The highest BCUT2D eigenvalue weighted by Crippen LogP contribution is 2.25. The Bertz CT molecular complexity index is 1110. The second-order valence-electron chi connectivity index (χ2n) is 8.07. The normalized spacial score (nSPS) is 12.2. The Kier molecular flexibility index (Phi) is 10.1. The van der Waals surface area contributed by atoms with Crippen LogP contribution in [0.1, 0.15) is 37.8 Å². The van der Waals surface area contributed by atoms with Crippen LogP contribution in [-0.2, 0) is 26.2 Å². The smallest absolute Gasteiger partial charge is 0.244 e. The molecular formula is C24H31BrFN3O4S. The fourth-order valence-corrected chi connectivity index (χ4v) is 4.56. The molecule has 0 aromatic heterocycles. The molecule has 0 saturated heterocycles. The predicted octanol–water partition coefficient (Wildman–Crippen LogP) is 4.00. The molecule has 7 nitrogen and oxygen atoms in total. The Morgan fingerprint density at radius 1 is 1.12 bits per heavy atom. The number of hydrogen-bond acceptors (Lipinski definition) is 4. The van der Waals surface area contributed by atoms with Gasteiger partial charge in [0.2, 0.25) is 21.8 Å². The number of anilines is 1. The van der Waals surface area contributed by atoms with Gasteiger partial charge in [0.05, 0.1) is 11.9 Å². The third-order valence-corrected chi connectivity index (χ3v) is 7.34. The van der Waals surface area contributed by atoms with E-state index in [2.05, 4.69) is 21.2 Å². The van der Waals surface area contributed by atoms with Crippen LogP contribution in [0.2, 0.25) is 0 Å². The van der Waals surface area contributed by atoms with Crippen LogP contribution in [-0.4, -0.2) is 50.5 Å². The Labute approximate surface area is 209 Å². The Balaban J connectivity index is 2.43. The first-order chi connectivity index (χ1) is 16.0. The lowest BCUT2D eigenvalue weighted by Crippen LogP contribution is -2.52. The summed E-state index contributed by atoms with van der Waals surface area (Å²) < 4.78 is 40.5. The molecule has 1 atom stereocenters. The summed E-state index contributed by atoms with van der Waals surface area (Å²) in [7, 11) is -3.80. The molecule has 0 saturated carbocycles. The number of rotatable bonds is 11. The molecule has 1 N–H and O–H groups in total. The zero-order valence-corrected chi connectivity index (χ0v) is 22.2. The number of aryl methyl sites for hydroxylation is 1. The molecule has 0 spiro atoms. The van der Waals surface area contributed by atoms with Crippen molar-refractivity contribution in [1.29, 1.82) is 0 Å². The number of hydrogen-bond donors (Lipinski definition) is 1. The molecule has 2 amide bonds. The number of carbonyl (C=O) groups excluding carboxylic acids is 2. The van der Waals surface area contributed by atoms with Crippen molar-refractivity contribution < 1.29 is 22.4 Å². The summed E-state index contributed by atoms with van der Waals surface area (Å²) in [4.78, 5) is 27.8. The highest BCUT2D eigenvalue weighted by atomic mass is 79.9. The third-order valence-electron chi connectivity index (χ3n) is 5.31. The van der Waals surface area contributed by atoms with Crippen LogP contribution < -0.4 is 9.62 Å². The van der Waals surface area contributed by atoms with Crippen molar-refractivity contribution in [2.24, 2.45) is 0 Å². The van der Waals surface area contributed by atoms with E-state index >= 15 is 0 Å². The summed E-state index contributed by atoms with van der Waals surface area (Å²) in [5.41, 5.74) is 1.79. The Morgan fingerprint density at radius 2 is 1.76 bits per heavy atom. The molecule has 0 heterocycles. The third kappa shape index (κ3) is 7.53. The molecule has 2 aromatic carbocycles. The van der Waals surface area contributed by atoms with Crippen molar-refractivity contribution in [2.45, 2.75) is 46.2 Å². The average molecular weight is 556 g/mol. The van der Waals surface area contributed by atoms with Crippen molar-refractivity contribution in [3.8, 4) is 0 Å². The predicted molar refractivity (Wildman–Crippen MR) is 135 cm³/mol. The van der Waals surface area contributed by atoms with Crippen molar-refractivity contribution in [2.75, 3.05) is 23.7 Å². The zero-order chi connectivity index (χ0) is 25.5. The lowest BCUT2D eigenvalue weighted by molar-refractivity contribution is -0.140. The summed E-state index contributed by atoms with van der Waals surface area (Å²) in [6, 6.07) is 9.84. The summed E-state index contributed by atoms with van der Waals surface area (Å²) in [6.45, 7) is 5.55. The van der Waals surface area contributed by atoms with Crippen LogP contribution in [0, 0.1) is 12.7 Å². The monoisotopic (exact) mass is 555 g/mol. The number of nitrogens with one attached hydrogen (secondary N) is 1. The quantitative estimate of drug-likeness (QED) is 0.454. The van der Waals surface area contributed by atoms with Gasteiger partial charge < -0.3 is 10.2 Å². The highest BCUT2D eigenvalue weighted by molar-refractivity contribution is 9.10. The molecule has 0 fully saturated rings. The molecule has 0 aliphatic carbocycles. The standard InChI is InChI=1S/C24H31BrFN3O4S/c1-5-13-27-24(31)22(6-2)28(15-18-7-9-19(26)10-8-18)23(30)16-29(34(4,32)33)20-11-12-21(25)17(3)14-20/h7-12,14,22H,5-6,13,15-16H2,1-4H3,(H,27,31)/t22-/m0/s1. The van der Waals surface area contributed by atoms with E-state index in [9.17, 15) is 22.4 Å². The molecule has 34 heavy (non-hydrogen) atoms. The van der Waals surface area contributed by atoms with Gasteiger partial charge in [0.25, 0.3) is 0 Å². The highest BCUT2D eigenvalue weighted by Gasteiger charge is 2.31. The Hall–Kier alpha value is -2.46. The fourth-order valence-electron chi connectivity index (χ4n) is 3.47. The second-order valence-corrected chi connectivity index (χ2v) is 10.8. The molecular weight excluding hydrogens is 525 g/mol. The first-order valence-electron chi connectivity index (χ1n) is 11.0. The zero-order valence-electron chi connectivity index (χ0n) is 19.8. The largest absolute Gasteiger partial charge is 0.354 e. The maximum atomic E-state index is 13.5. The van der Waals surface area contributed by atoms with Gasteiger partial charge in [-0.1, -0.05) is 41.9 Å². The number of amides is 2. The van der Waals surface area contributed by atoms with Crippen LogP contribution in [0.25, 0.3) is 0 Å². The molecule has 0 bridgehead atoms. The summed E-state index contributed by atoms with van der Waals surface area (Å²) >= 11 is 3.40. The van der Waals surface area contributed by atoms with E-state index in [1.54, 1.807) is 37.3 Å². The van der Waals surface area contributed by atoms with Gasteiger partial charge >= 0.3 is 0 Å². The topological polar surface area (TPSA) is 86.8 Å². The molecule has 0 radical (unpaired) electrons. The number of halogens is 2. The van der Waals surface area contributed by atoms with Crippen LogP contribution in [0.5, 0.6) is 0 Å².